The summed E-state index contributed by atoms with van der Waals surface area (Å²) in [5.74, 6) is -6.32. The number of carbonyl (C=O) groups is 10. The summed E-state index contributed by atoms with van der Waals surface area (Å²) >= 11 is 0. The summed E-state index contributed by atoms with van der Waals surface area (Å²) in [6.45, 7) is -0.864. The number of benzene rings is 6. The van der Waals surface area contributed by atoms with Crippen LogP contribution in [0.3, 0.4) is 0 Å². The van der Waals surface area contributed by atoms with Crippen LogP contribution >= 0.6 is 0 Å². The molecular formula is C67H60N14O10. The molecule has 9 N–H and O–H groups in total. The average molecular weight is 1220 g/mol. The zero-order valence-corrected chi connectivity index (χ0v) is 49.0. The van der Waals surface area contributed by atoms with Crippen molar-refractivity contribution < 1.29 is 47.9 Å². The molecule has 10 aromatic rings. The van der Waals surface area contributed by atoms with Crippen LogP contribution in [0.1, 0.15) is 57.3 Å². The summed E-state index contributed by atoms with van der Waals surface area (Å²) in [7, 11) is 0. The Morgan fingerprint density at radius 1 is 0.429 bits per heavy atom. The molecule has 13 rings (SSSR count). The van der Waals surface area contributed by atoms with Crippen molar-refractivity contribution in [1.29, 1.82) is 0 Å². The van der Waals surface area contributed by atoms with Crippen molar-refractivity contribution in [2.24, 2.45) is 5.73 Å². The molecule has 3 fully saturated rings. The van der Waals surface area contributed by atoms with Crippen LogP contribution in [0.15, 0.2) is 146 Å². The first-order valence-corrected chi connectivity index (χ1v) is 29.8. The van der Waals surface area contributed by atoms with Crippen LogP contribution in [0.25, 0.3) is 76.5 Å². The summed E-state index contributed by atoms with van der Waals surface area (Å²) < 4.78 is 0. The van der Waals surface area contributed by atoms with Crippen molar-refractivity contribution in [2.45, 2.75) is 62.4 Å². The number of aromatic nitrogens is 4. The van der Waals surface area contributed by atoms with Crippen LogP contribution in [-0.2, 0) is 33.6 Å². The third kappa shape index (κ3) is 11.3. The predicted molar refractivity (Wildman–Crippen MR) is 338 cm³/mol. The number of H-pyrrole nitrogens is 1. The molecule has 0 bridgehead atoms. The number of carbonyl (C=O) groups excluding carboxylic acids is 10. The molecule has 6 aromatic carbocycles. The molecule has 24 nitrogen and oxygen atoms in total. The molecule has 3 aliphatic rings. The van der Waals surface area contributed by atoms with Gasteiger partial charge in [0.05, 0.1) is 74.9 Å². The molecule has 6 unspecified atom stereocenters. The Hall–Kier alpha value is -11.4. The summed E-state index contributed by atoms with van der Waals surface area (Å²) in [5.41, 5.74) is 11.4. The van der Waals surface area contributed by atoms with Crippen molar-refractivity contribution >= 4 is 136 Å². The maximum Gasteiger partial charge on any atom is 0.254 e. The Labute approximate surface area is 517 Å². The van der Waals surface area contributed by atoms with Gasteiger partial charge in [0.15, 0.2) is 0 Å². The van der Waals surface area contributed by atoms with Gasteiger partial charge in [-0.1, -0.05) is 109 Å². The van der Waals surface area contributed by atoms with Gasteiger partial charge in [-0.25, -0.2) is 15.0 Å². The summed E-state index contributed by atoms with van der Waals surface area (Å²) in [5, 5.41) is 20.4. The maximum absolute atomic E-state index is 14.8. The fourth-order valence-corrected chi connectivity index (χ4v) is 13.2. The average Bonchev–Trinajstić information content (AvgIpc) is 1.49. The van der Waals surface area contributed by atoms with Gasteiger partial charge in [-0.3, -0.25) is 47.9 Å². The van der Waals surface area contributed by atoms with Crippen molar-refractivity contribution in [2.75, 3.05) is 39.3 Å². The largest absolute Gasteiger partial charge is 0.368 e. The zero-order chi connectivity index (χ0) is 63.2. The molecule has 7 heterocycles. The van der Waals surface area contributed by atoms with Crippen LogP contribution < -0.4 is 37.6 Å². The Morgan fingerprint density at radius 3 is 1.16 bits per heavy atom. The Kier molecular flexibility index (Phi) is 15.6. The lowest BCUT2D eigenvalue weighted by Crippen LogP contribution is -2.52. The standard InChI is InChI=1S/C67H60N14O10/c1-35(82)72-36-27-52(80(32-36)55(84)30-69-65(89)57-39-14-2-8-20-45(39)75-46-21-9-3-15-40(46)57)63(87)74-38-28-53(81(34-38)56(85)31-70-66(90)58-41-16-4-10-22-47(41)76-48-23-11-5-17-42(48)58)64(88)73-37-26-51(62(68)86)79(33-37)54(83)29-71-67(91)59-43-18-6-12-24-49(43)77-60-44-19-7-13-25-50(44)78-61(59)60/h2-25,36-38,51-53,78H,26-34H2,1H3,(H2,68,86)(H,69,89)(H,70,90)(H,71,91)(H,72,82)(H,73,88)(H,74,87). The smallest absolute Gasteiger partial charge is 0.254 e. The molecule has 4 aromatic heterocycles. The first-order chi connectivity index (χ1) is 44.1. The van der Waals surface area contributed by atoms with Crippen LogP contribution in [0.2, 0.25) is 0 Å². The molecule has 3 saturated heterocycles. The lowest BCUT2D eigenvalue weighted by atomic mass is 10.0. The molecule has 24 heteroatoms. The normalized spacial score (nSPS) is 18.9. The van der Waals surface area contributed by atoms with Crippen molar-refractivity contribution in [3.05, 3.63) is 162 Å². The molecule has 91 heavy (non-hydrogen) atoms. The molecule has 3 aliphatic heterocycles. The van der Waals surface area contributed by atoms with E-state index in [9.17, 15) is 47.9 Å². The highest BCUT2D eigenvalue weighted by Gasteiger charge is 2.46. The second-order valence-electron chi connectivity index (χ2n) is 23.1. The van der Waals surface area contributed by atoms with E-state index in [4.69, 9.17) is 20.7 Å². The second kappa shape index (κ2) is 24.3. The fraction of sp³-hybridized carbons (Fsp3) is 0.239. The summed E-state index contributed by atoms with van der Waals surface area (Å²) in [6, 6.07) is 36.9. The highest BCUT2D eigenvalue weighted by molar-refractivity contribution is 6.21. The number of nitrogens with zero attached hydrogens (tertiary/aromatic N) is 6. The van der Waals surface area contributed by atoms with Gasteiger partial charge in [-0.2, -0.15) is 0 Å². The van der Waals surface area contributed by atoms with E-state index in [-0.39, 0.29) is 50.0 Å². The molecule has 0 radical (unpaired) electrons. The monoisotopic (exact) mass is 1220 g/mol. The van der Waals surface area contributed by atoms with Crippen LogP contribution in [0.5, 0.6) is 0 Å². The predicted octanol–water partition coefficient (Wildman–Crippen LogP) is 3.62. The number of nitrogens with one attached hydrogen (secondary N) is 7. The molecular weight excluding hydrogens is 1160 g/mol. The molecule has 0 spiro atoms. The van der Waals surface area contributed by atoms with Crippen molar-refractivity contribution in [3.8, 4) is 0 Å². The minimum atomic E-state index is -1.30. The first kappa shape index (κ1) is 58.6. The van der Waals surface area contributed by atoms with E-state index in [2.05, 4.69) is 36.9 Å². The van der Waals surface area contributed by atoms with Gasteiger partial charge in [0.2, 0.25) is 41.4 Å². The van der Waals surface area contributed by atoms with E-state index in [0.29, 0.717) is 71.1 Å². The number of rotatable bonds is 15. The van der Waals surface area contributed by atoms with E-state index in [0.717, 1.165) is 10.9 Å². The van der Waals surface area contributed by atoms with Gasteiger partial charge in [-0.05, 0) is 55.7 Å². The number of hydrogen-bond acceptors (Lipinski definition) is 13. The number of pyridine rings is 3. The molecule has 6 atom stereocenters. The van der Waals surface area contributed by atoms with Gasteiger partial charge in [0.25, 0.3) is 17.7 Å². The van der Waals surface area contributed by atoms with Gasteiger partial charge in [0, 0.05) is 82.5 Å². The van der Waals surface area contributed by atoms with Crippen molar-refractivity contribution in [3.63, 3.8) is 0 Å². The van der Waals surface area contributed by atoms with Gasteiger partial charge in [-0.15, -0.1) is 0 Å². The third-order valence-corrected chi connectivity index (χ3v) is 17.3. The molecule has 0 aliphatic carbocycles. The van der Waals surface area contributed by atoms with E-state index >= 15 is 0 Å². The Balaban J connectivity index is 0.724. The van der Waals surface area contributed by atoms with Crippen molar-refractivity contribution in [1.82, 2.24) is 66.5 Å². The topological polar surface area (TPSA) is 333 Å². The summed E-state index contributed by atoms with van der Waals surface area (Å²) in [4.78, 5) is 162. The fourth-order valence-electron chi connectivity index (χ4n) is 13.2. The van der Waals surface area contributed by atoms with E-state index in [1.807, 2.05) is 24.3 Å². The number of fused-ring (bicyclic) bond motifs is 8. The third-order valence-electron chi connectivity index (χ3n) is 17.3. The zero-order valence-electron chi connectivity index (χ0n) is 49.0. The van der Waals surface area contributed by atoms with E-state index in [1.165, 1.54) is 21.6 Å². The van der Waals surface area contributed by atoms with E-state index < -0.39 is 115 Å². The van der Waals surface area contributed by atoms with Crippen LogP contribution in [-0.4, -0.2) is 169 Å². The quantitative estimate of drug-likeness (QED) is 0.0681. The van der Waals surface area contributed by atoms with Crippen LogP contribution in [0.4, 0.5) is 0 Å². The molecule has 0 saturated carbocycles. The highest BCUT2D eigenvalue weighted by atomic mass is 16.2. The Morgan fingerprint density at radius 2 is 0.758 bits per heavy atom. The maximum atomic E-state index is 14.8. The minimum absolute atomic E-state index is 0.00929. The second-order valence-corrected chi connectivity index (χ2v) is 23.1. The molecule has 10 amide bonds. The van der Waals surface area contributed by atoms with Crippen LogP contribution in [0, 0.1) is 0 Å². The lowest BCUT2D eigenvalue weighted by molar-refractivity contribution is -0.138. The number of hydrogen-bond donors (Lipinski definition) is 8. The SMILES string of the molecule is CC(=O)NC1CC(C(=O)NC2CC(C(=O)NC3CC(C(N)=O)N(C(=O)CNC(=O)c4c5ccccc5nc5c4[nH]c4ccccc45)C3)N(C(=O)CNC(=O)c3c4ccccc4nc4ccccc34)C2)N(C(=O)CNC(=O)c2c3ccccc3nc3ccccc23)C1. The van der Waals surface area contributed by atoms with Gasteiger partial charge >= 0.3 is 0 Å². The van der Waals surface area contributed by atoms with E-state index in [1.54, 1.807) is 121 Å². The number of nitrogens with two attached hydrogens (primary N) is 1. The lowest BCUT2D eigenvalue weighted by Gasteiger charge is -2.26. The number of aromatic amines is 1. The number of primary amides is 1. The number of likely N-dealkylation sites (tertiary alicyclic amines) is 3. The summed E-state index contributed by atoms with van der Waals surface area (Å²) in [6.07, 6.45) is -0.289. The van der Waals surface area contributed by atoms with Gasteiger partial charge < -0.3 is 57.3 Å². The number of para-hydroxylation sites is 6. The highest BCUT2D eigenvalue weighted by Crippen LogP contribution is 2.33. The van der Waals surface area contributed by atoms with Gasteiger partial charge in [0.1, 0.15) is 18.1 Å². The Bertz CT molecular complexity index is 4620. The number of amides is 10. The first-order valence-electron chi connectivity index (χ1n) is 29.8. The minimum Gasteiger partial charge on any atom is -0.368 e. The molecule has 458 valence electrons.